The molecule has 0 spiro atoms. The molecule has 138 valence electrons. The second-order valence-electron chi connectivity index (χ2n) is 6.52. The molecule has 0 aliphatic carbocycles. The number of ether oxygens (including phenoxy) is 1. The number of carboxylic acid groups (broad SMARTS) is 1. The van der Waals surface area contributed by atoms with Gasteiger partial charge in [-0.15, -0.1) is 0 Å². The van der Waals surface area contributed by atoms with Crippen molar-refractivity contribution in [1.29, 1.82) is 0 Å². The van der Waals surface area contributed by atoms with E-state index in [9.17, 15) is 9.59 Å². The summed E-state index contributed by atoms with van der Waals surface area (Å²) in [6.45, 7) is 0.626. The lowest BCUT2D eigenvalue weighted by atomic mass is 10.0. The van der Waals surface area contributed by atoms with Crippen molar-refractivity contribution in [2.24, 2.45) is 0 Å². The summed E-state index contributed by atoms with van der Waals surface area (Å²) in [5.74, 6) is 0.808. The van der Waals surface area contributed by atoms with Gasteiger partial charge >= 0.3 is 6.16 Å². The van der Waals surface area contributed by atoms with E-state index in [4.69, 9.17) is 9.84 Å². The van der Waals surface area contributed by atoms with Gasteiger partial charge in [0.2, 0.25) is 0 Å². The molecule has 2 aromatic carbocycles. The Morgan fingerprint density at radius 3 is 2.74 bits per heavy atom. The van der Waals surface area contributed by atoms with Gasteiger partial charge in [0.15, 0.2) is 5.82 Å². The zero-order chi connectivity index (χ0) is 19.0. The Labute approximate surface area is 155 Å². The minimum absolute atomic E-state index is 0.105. The maximum absolute atomic E-state index is 13.2. The van der Waals surface area contributed by atoms with Gasteiger partial charge in [-0.25, -0.2) is 9.78 Å². The molecular weight excluding hydrogens is 346 g/mol. The summed E-state index contributed by atoms with van der Waals surface area (Å²) in [7, 11) is 1.59. The fourth-order valence-electron chi connectivity index (χ4n) is 3.53. The molecule has 0 radical (unpaired) electrons. The number of carbonyl (C=O) groups excluding carboxylic acids is 1. The number of anilines is 1. The van der Waals surface area contributed by atoms with Crippen LogP contribution in [0.4, 0.5) is 10.6 Å². The molecule has 0 saturated heterocycles. The summed E-state index contributed by atoms with van der Waals surface area (Å²) >= 11 is 0. The van der Waals surface area contributed by atoms with Crippen molar-refractivity contribution in [3.63, 3.8) is 0 Å². The van der Waals surface area contributed by atoms with Gasteiger partial charge in [-0.2, -0.15) is 0 Å². The molecule has 3 aromatic rings. The highest BCUT2D eigenvalue weighted by molar-refractivity contribution is 6.14. The highest BCUT2D eigenvalue weighted by Gasteiger charge is 2.28. The maximum Gasteiger partial charge on any atom is 0.512 e. The average Bonchev–Trinajstić information content (AvgIpc) is 3.04. The van der Waals surface area contributed by atoms with Crippen molar-refractivity contribution >= 4 is 28.7 Å². The van der Waals surface area contributed by atoms with Crippen LogP contribution in [0.1, 0.15) is 29.0 Å². The predicted octanol–water partition coefficient (Wildman–Crippen LogP) is 3.71. The van der Waals surface area contributed by atoms with Crippen LogP contribution < -0.4 is 9.64 Å². The molecule has 1 aliphatic heterocycles. The zero-order valence-corrected chi connectivity index (χ0v) is 14.9. The summed E-state index contributed by atoms with van der Waals surface area (Å²) in [5, 5.41) is 10.9. The number of amides is 1. The number of rotatable bonds is 3. The van der Waals surface area contributed by atoms with Gasteiger partial charge in [0, 0.05) is 25.6 Å². The molecule has 27 heavy (non-hydrogen) atoms. The van der Waals surface area contributed by atoms with Crippen LogP contribution in [0.25, 0.3) is 10.8 Å². The third-order valence-corrected chi connectivity index (χ3v) is 4.84. The Balaban J connectivity index is 1.78. The van der Waals surface area contributed by atoms with Crippen molar-refractivity contribution in [3.05, 3.63) is 53.9 Å². The number of aromatic nitrogens is 2. The van der Waals surface area contributed by atoms with E-state index in [-0.39, 0.29) is 17.6 Å². The van der Waals surface area contributed by atoms with E-state index in [1.807, 2.05) is 36.4 Å². The monoisotopic (exact) mass is 365 g/mol. The predicted molar refractivity (Wildman–Crippen MR) is 100 cm³/mol. The number of imidazole rings is 1. The highest BCUT2D eigenvalue weighted by atomic mass is 16.7. The first-order valence-corrected chi connectivity index (χ1v) is 8.82. The van der Waals surface area contributed by atoms with Crippen molar-refractivity contribution in [2.45, 2.75) is 25.8 Å². The fourth-order valence-corrected chi connectivity index (χ4v) is 3.53. The van der Waals surface area contributed by atoms with Crippen molar-refractivity contribution in [2.75, 3.05) is 11.9 Å². The molecule has 1 N–H and O–H groups in total. The molecule has 1 aliphatic rings. The van der Waals surface area contributed by atoms with Crippen LogP contribution in [0, 0.1) is 0 Å². The van der Waals surface area contributed by atoms with E-state index < -0.39 is 6.16 Å². The number of aryl methyl sites for hydroxylation is 1. The third kappa shape index (κ3) is 3.01. The van der Waals surface area contributed by atoms with E-state index in [0.717, 1.165) is 35.9 Å². The first kappa shape index (κ1) is 17.1. The van der Waals surface area contributed by atoms with Crippen LogP contribution in [0.3, 0.4) is 0 Å². The summed E-state index contributed by atoms with van der Waals surface area (Å²) < 4.78 is 6.75. The van der Waals surface area contributed by atoms with Gasteiger partial charge in [-0.1, -0.05) is 36.4 Å². The molecule has 0 saturated carbocycles. The van der Waals surface area contributed by atoms with E-state index in [1.54, 1.807) is 17.7 Å². The van der Waals surface area contributed by atoms with Crippen LogP contribution in [0.5, 0.6) is 5.88 Å². The summed E-state index contributed by atoms with van der Waals surface area (Å²) in [5.41, 5.74) is 0.530. The van der Waals surface area contributed by atoms with Crippen molar-refractivity contribution in [1.82, 2.24) is 9.55 Å². The molecular formula is C20H19N3O4. The third-order valence-electron chi connectivity index (χ3n) is 4.84. The molecule has 0 unspecified atom stereocenters. The summed E-state index contributed by atoms with van der Waals surface area (Å²) in [6.07, 6.45) is 1.20. The molecule has 1 aromatic heterocycles. The zero-order valence-electron chi connectivity index (χ0n) is 14.9. The van der Waals surface area contributed by atoms with Crippen LogP contribution in [-0.4, -0.2) is 33.8 Å². The van der Waals surface area contributed by atoms with Gasteiger partial charge in [0.25, 0.3) is 11.8 Å². The van der Waals surface area contributed by atoms with Gasteiger partial charge in [-0.05, 0) is 29.7 Å². The Bertz CT molecular complexity index is 1040. The van der Waals surface area contributed by atoms with E-state index in [1.165, 1.54) is 4.90 Å². The Morgan fingerprint density at radius 2 is 1.93 bits per heavy atom. The summed E-state index contributed by atoms with van der Waals surface area (Å²) in [4.78, 5) is 30.2. The molecule has 4 rings (SSSR count). The fraction of sp³-hybridized carbons (Fsp3) is 0.250. The summed E-state index contributed by atoms with van der Waals surface area (Å²) in [6, 6.07) is 13.2. The molecule has 7 heteroatoms. The van der Waals surface area contributed by atoms with E-state index in [2.05, 4.69) is 4.98 Å². The molecule has 2 heterocycles. The Kier molecular flexibility index (Phi) is 4.27. The lowest BCUT2D eigenvalue weighted by Crippen LogP contribution is -2.27. The molecule has 0 atom stereocenters. The average molecular weight is 365 g/mol. The number of carbonyl (C=O) groups is 2. The lowest BCUT2D eigenvalue weighted by Gasteiger charge is -2.18. The minimum atomic E-state index is -1.42. The second-order valence-corrected chi connectivity index (χ2v) is 6.52. The number of hydrogen-bond acceptors (Lipinski definition) is 4. The van der Waals surface area contributed by atoms with Crippen LogP contribution in [0.15, 0.2) is 42.5 Å². The second kappa shape index (κ2) is 6.75. The first-order valence-electron chi connectivity index (χ1n) is 8.82. The van der Waals surface area contributed by atoms with Crippen LogP contribution in [-0.2, 0) is 13.0 Å². The standard InChI is InChI=1S/C20H19N3O4/c1-22(18(24)15-10-6-8-13-7-2-3-9-14(13)15)17-19(27-20(25)26)23-12-5-4-11-16(23)21-17/h2-3,6-10H,4-5,11-12H2,1H3,(H,25,26). The van der Waals surface area contributed by atoms with Gasteiger partial charge in [0.1, 0.15) is 5.82 Å². The highest BCUT2D eigenvalue weighted by Crippen LogP contribution is 2.33. The topological polar surface area (TPSA) is 84.7 Å². The van der Waals surface area contributed by atoms with Crippen molar-refractivity contribution < 1.29 is 19.4 Å². The smallest absolute Gasteiger partial charge is 0.449 e. The first-order chi connectivity index (χ1) is 13.1. The van der Waals surface area contributed by atoms with Gasteiger partial charge in [0.05, 0.1) is 0 Å². The van der Waals surface area contributed by atoms with Crippen LogP contribution >= 0.6 is 0 Å². The number of benzene rings is 2. The maximum atomic E-state index is 13.2. The van der Waals surface area contributed by atoms with Crippen LogP contribution in [0.2, 0.25) is 0 Å². The Hall–Kier alpha value is -3.35. The van der Waals surface area contributed by atoms with Crippen molar-refractivity contribution in [3.8, 4) is 5.88 Å². The van der Waals surface area contributed by atoms with E-state index >= 15 is 0 Å². The number of hydrogen-bond donors (Lipinski definition) is 1. The van der Waals surface area contributed by atoms with E-state index in [0.29, 0.717) is 12.1 Å². The quantitative estimate of drug-likeness (QED) is 0.715. The lowest BCUT2D eigenvalue weighted by molar-refractivity contribution is 0.0991. The molecule has 7 nitrogen and oxygen atoms in total. The van der Waals surface area contributed by atoms with Gasteiger partial charge < -0.3 is 9.84 Å². The van der Waals surface area contributed by atoms with Gasteiger partial charge in [-0.3, -0.25) is 14.3 Å². The molecule has 0 fully saturated rings. The molecule has 0 bridgehead atoms. The minimum Gasteiger partial charge on any atom is -0.449 e. The number of nitrogens with zero attached hydrogens (tertiary/aromatic N) is 3. The molecule has 1 amide bonds. The SMILES string of the molecule is CN(C(=O)c1cccc2ccccc12)c1nc2n(c1OC(=O)O)CCCC2. The normalized spacial score (nSPS) is 13.2. The Morgan fingerprint density at radius 1 is 1.15 bits per heavy atom. The largest absolute Gasteiger partial charge is 0.512 e. The number of fused-ring (bicyclic) bond motifs is 2.